The van der Waals surface area contributed by atoms with Crippen molar-refractivity contribution >= 4 is 59.0 Å². The highest BCUT2D eigenvalue weighted by Crippen LogP contribution is 2.22. The van der Waals surface area contributed by atoms with Crippen LogP contribution in [0.15, 0.2) is 23.2 Å². The number of aliphatic imine (C=N–C) groups is 1. The summed E-state index contributed by atoms with van der Waals surface area (Å²) < 4.78 is 5.23. The van der Waals surface area contributed by atoms with Crippen LogP contribution in [0.4, 0.5) is 0 Å². The van der Waals surface area contributed by atoms with Gasteiger partial charge in [0, 0.05) is 38.9 Å². The van der Waals surface area contributed by atoms with Gasteiger partial charge in [-0.1, -0.05) is 23.2 Å². The third-order valence-electron chi connectivity index (χ3n) is 2.85. The van der Waals surface area contributed by atoms with Gasteiger partial charge in [-0.05, 0) is 25.1 Å². The van der Waals surface area contributed by atoms with Gasteiger partial charge in [0.05, 0.1) is 16.7 Å². The van der Waals surface area contributed by atoms with Crippen molar-refractivity contribution in [2.75, 3.05) is 39.9 Å². The Morgan fingerprint density at radius 3 is 2.42 bits per heavy atom. The Labute approximate surface area is 169 Å². The lowest BCUT2D eigenvalue weighted by Crippen LogP contribution is -2.42. The Hall–Kier alpha value is -0.770. The molecule has 0 fully saturated rings. The van der Waals surface area contributed by atoms with Crippen LogP contribution in [0.2, 0.25) is 10.0 Å². The second-order valence-corrected chi connectivity index (χ2v) is 5.32. The van der Waals surface area contributed by atoms with E-state index in [-0.39, 0.29) is 29.9 Å². The fourth-order valence-electron chi connectivity index (χ4n) is 1.70. The summed E-state index contributed by atoms with van der Waals surface area (Å²) in [5.41, 5.74) is 0.471. The minimum Gasteiger partial charge on any atom is -0.380 e. The molecule has 0 aromatic heterocycles. The maximum Gasteiger partial charge on any atom is 0.251 e. The summed E-state index contributed by atoms with van der Waals surface area (Å²) >= 11 is 11.7. The first-order valence-corrected chi connectivity index (χ1v) is 8.09. The van der Waals surface area contributed by atoms with Crippen LogP contribution in [-0.4, -0.2) is 51.8 Å². The molecule has 9 heteroatoms. The number of amides is 1. The highest BCUT2D eigenvalue weighted by Gasteiger charge is 2.07. The molecule has 0 atom stereocenters. The zero-order valence-electron chi connectivity index (χ0n) is 13.7. The summed E-state index contributed by atoms with van der Waals surface area (Å²) in [6.45, 7) is 4.92. The highest BCUT2D eigenvalue weighted by molar-refractivity contribution is 14.0. The number of guanidine groups is 1. The second kappa shape index (κ2) is 13.5. The molecule has 0 saturated heterocycles. The number of carbonyl (C=O) groups excluding carboxylic acids is 1. The molecule has 0 aliphatic rings. The molecule has 0 bridgehead atoms. The first-order valence-electron chi connectivity index (χ1n) is 7.34. The predicted molar refractivity (Wildman–Crippen MR) is 110 cm³/mol. The molecule has 0 unspecified atom stereocenters. The van der Waals surface area contributed by atoms with E-state index in [9.17, 15) is 4.79 Å². The molecule has 3 N–H and O–H groups in total. The number of halogens is 3. The van der Waals surface area contributed by atoms with Gasteiger partial charge < -0.3 is 20.7 Å². The van der Waals surface area contributed by atoms with Gasteiger partial charge in [-0.2, -0.15) is 0 Å². The smallest absolute Gasteiger partial charge is 0.251 e. The van der Waals surface area contributed by atoms with E-state index >= 15 is 0 Å². The van der Waals surface area contributed by atoms with E-state index in [4.69, 9.17) is 27.9 Å². The van der Waals surface area contributed by atoms with Crippen LogP contribution in [0.5, 0.6) is 0 Å². The quantitative estimate of drug-likeness (QED) is 0.227. The molecule has 0 aliphatic carbocycles. The van der Waals surface area contributed by atoms with E-state index in [0.29, 0.717) is 54.4 Å². The highest BCUT2D eigenvalue weighted by atomic mass is 127. The Balaban J connectivity index is 0.00000529. The van der Waals surface area contributed by atoms with Crippen molar-refractivity contribution < 1.29 is 9.53 Å². The molecule has 136 valence electrons. The Bertz CT molecular complexity index is 544. The summed E-state index contributed by atoms with van der Waals surface area (Å²) in [6.07, 6.45) is 0. The van der Waals surface area contributed by atoms with Gasteiger partial charge in [-0.15, -0.1) is 24.0 Å². The lowest BCUT2D eigenvalue weighted by atomic mass is 10.2. The predicted octanol–water partition coefficient (Wildman–Crippen LogP) is 2.54. The second-order valence-electron chi connectivity index (χ2n) is 4.51. The molecule has 0 spiro atoms. The van der Waals surface area contributed by atoms with Crippen LogP contribution in [0.25, 0.3) is 0 Å². The standard InChI is InChI=1S/C15H22Cl2N4O2.HI/c1-3-23-9-8-21-15(18-2)20-7-6-19-14(22)11-4-5-12(16)13(17)10-11;/h4-5,10H,3,6-9H2,1-2H3,(H,19,22)(H2,18,20,21);1H. The summed E-state index contributed by atoms with van der Waals surface area (Å²) in [4.78, 5) is 16.0. The largest absolute Gasteiger partial charge is 0.380 e. The van der Waals surface area contributed by atoms with Crippen molar-refractivity contribution in [2.24, 2.45) is 4.99 Å². The zero-order valence-corrected chi connectivity index (χ0v) is 17.5. The first-order chi connectivity index (χ1) is 11.1. The van der Waals surface area contributed by atoms with Gasteiger partial charge in [0.25, 0.3) is 5.91 Å². The lowest BCUT2D eigenvalue weighted by Gasteiger charge is -2.12. The fourth-order valence-corrected chi connectivity index (χ4v) is 2.00. The number of nitrogens with zero attached hydrogens (tertiary/aromatic N) is 1. The minimum atomic E-state index is -0.204. The van der Waals surface area contributed by atoms with Crippen molar-refractivity contribution in [1.29, 1.82) is 0 Å². The lowest BCUT2D eigenvalue weighted by molar-refractivity contribution is 0.0954. The van der Waals surface area contributed by atoms with Crippen LogP contribution in [0.3, 0.4) is 0 Å². The number of ether oxygens (including phenoxy) is 1. The minimum absolute atomic E-state index is 0. The third kappa shape index (κ3) is 8.91. The van der Waals surface area contributed by atoms with E-state index in [1.54, 1.807) is 25.2 Å². The molecule has 1 aromatic rings. The molecular formula is C15H23Cl2IN4O2. The summed E-state index contributed by atoms with van der Waals surface area (Å²) in [6, 6.07) is 4.77. The van der Waals surface area contributed by atoms with Gasteiger partial charge >= 0.3 is 0 Å². The van der Waals surface area contributed by atoms with Gasteiger partial charge in [0.15, 0.2) is 5.96 Å². The summed E-state index contributed by atoms with van der Waals surface area (Å²) in [5, 5.41) is 9.77. The monoisotopic (exact) mass is 488 g/mol. The third-order valence-corrected chi connectivity index (χ3v) is 3.59. The van der Waals surface area contributed by atoms with Crippen LogP contribution in [0.1, 0.15) is 17.3 Å². The van der Waals surface area contributed by atoms with E-state index < -0.39 is 0 Å². The number of hydrogen-bond donors (Lipinski definition) is 3. The molecular weight excluding hydrogens is 466 g/mol. The van der Waals surface area contributed by atoms with Gasteiger partial charge in [0.2, 0.25) is 0 Å². The maximum absolute atomic E-state index is 12.0. The number of hydrogen-bond acceptors (Lipinski definition) is 3. The summed E-state index contributed by atoms with van der Waals surface area (Å²) in [7, 11) is 1.68. The van der Waals surface area contributed by atoms with E-state index in [1.165, 1.54) is 0 Å². The van der Waals surface area contributed by atoms with Crippen molar-refractivity contribution in [3.8, 4) is 0 Å². The molecule has 24 heavy (non-hydrogen) atoms. The average Bonchev–Trinajstić information content (AvgIpc) is 2.55. The number of carbonyl (C=O) groups is 1. The molecule has 0 radical (unpaired) electrons. The van der Waals surface area contributed by atoms with Crippen LogP contribution < -0.4 is 16.0 Å². The van der Waals surface area contributed by atoms with E-state index in [1.807, 2.05) is 6.92 Å². The topological polar surface area (TPSA) is 74.8 Å². The van der Waals surface area contributed by atoms with Crippen molar-refractivity contribution in [3.63, 3.8) is 0 Å². The number of benzene rings is 1. The Kier molecular flexibility index (Phi) is 13.1. The fraction of sp³-hybridized carbons (Fsp3) is 0.467. The Morgan fingerprint density at radius 2 is 1.79 bits per heavy atom. The van der Waals surface area contributed by atoms with E-state index in [2.05, 4.69) is 20.9 Å². The summed E-state index contributed by atoms with van der Waals surface area (Å²) in [5.74, 6) is 0.457. The van der Waals surface area contributed by atoms with E-state index in [0.717, 1.165) is 0 Å². The molecule has 1 amide bonds. The van der Waals surface area contributed by atoms with Crippen molar-refractivity contribution in [1.82, 2.24) is 16.0 Å². The van der Waals surface area contributed by atoms with Crippen LogP contribution in [-0.2, 0) is 4.74 Å². The van der Waals surface area contributed by atoms with Crippen molar-refractivity contribution in [3.05, 3.63) is 33.8 Å². The molecule has 6 nitrogen and oxygen atoms in total. The van der Waals surface area contributed by atoms with Crippen LogP contribution >= 0.6 is 47.2 Å². The van der Waals surface area contributed by atoms with Gasteiger partial charge in [-0.25, -0.2) is 0 Å². The molecule has 1 rings (SSSR count). The zero-order chi connectivity index (χ0) is 17.1. The number of nitrogens with one attached hydrogen (secondary N) is 3. The molecule has 0 aliphatic heterocycles. The maximum atomic E-state index is 12.0. The van der Waals surface area contributed by atoms with Gasteiger partial charge in [-0.3, -0.25) is 9.79 Å². The van der Waals surface area contributed by atoms with Crippen molar-refractivity contribution in [2.45, 2.75) is 6.92 Å². The SMILES string of the molecule is CCOCCNC(=NC)NCCNC(=O)c1ccc(Cl)c(Cl)c1.I. The van der Waals surface area contributed by atoms with Crippen LogP contribution in [0, 0.1) is 0 Å². The molecule has 0 heterocycles. The normalized spacial score (nSPS) is 10.8. The first kappa shape index (κ1) is 23.2. The molecule has 1 aromatic carbocycles. The van der Waals surface area contributed by atoms with Gasteiger partial charge in [0.1, 0.15) is 0 Å². The Morgan fingerprint density at radius 1 is 1.12 bits per heavy atom. The molecule has 0 saturated carbocycles. The average molecular weight is 489 g/mol. The number of rotatable bonds is 8.